The van der Waals surface area contributed by atoms with Crippen molar-refractivity contribution in [2.45, 2.75) is 68.4 Å². The third-order valence-electron chi connectivity index (χ3n) is 8.44. The third-order valence-corrected chi connectivity index (χ3v) is 10.0. The van der Waals surface area contributed by atoms with Crippen molar-refractivity contribution in [1.29, 1.82) is 0 Å². The number of nitrogens with two attached hydrogens (primary N) is 2. The van der Waals surface area contributed by atoms with Crippen LogP contribution in [0, 0.1) is 0 Å². The average molecular weight is 706 g/mol. The molecule has 2 aliphatic rings. The molecule has 1 aromatic heterocycles. The zero-order valence-corrected chi connectivity index (χ0v) is 28.2. The molecule has 262 valence electrons. The number of imide groups is 2. The summed E-state index contributed by atoms with van der Waals surface area (Å²) in [7, 11) is 0. The van der Waals surface area contributed by atoms with E-state index >= 15 is 0 Å². The maximum Gasteiger partial charge on any atom is 0.327 e. The predicted molar refractivity (Wildman–Crippen MR) is 179 cm³/mol. The van der Waals surface area contributed by atoms with Gasteiger partial charge in [0.15, 0.2) is 5.82 Å². The van der Waals surface area contributed by atoms with Crippen molar-refractivity contribution in [3.63, 3.8) is 0 Å². The molecule has 5 amide bonds. The summed E-state index contributed by atoms with van der Waals surface area (Å²) >= 11 is 1.10. The van der Waals surface area contributed by atoms with Gasteiger partial charge in [-0.3, -0.25) is 28.9 Å². The number of aromatic hydroxyl groups is 2. The molecule has 16 nitrogen and oxygen atoms in total. The number of hydrogen-bond donors (Lipinski definition) is 5. The Hall–Kier alpha value is -5.39. The van der Waals surface area contributed by atoms with Crippen LogP contribution in [0.5, 0.6) is 11.6 Å². The summed E-state index contributed by atoms with van der Waals surface area (Å²) in [5.41, 5.74) is 12.2. The number of carboxylic acids is 1. The predicted octanol–water partition coefficient (Wildman–Crippen LogP) is 1.36. The number of carboxylic acid groups (broad SMARTS) is 1. The zero-order chi connectivity index (χ0) is 36.8. The topological polar surface area (TPSA) is 251 Å². The van der Waals surface area contributed by atoms with E-state index in [1.807, 2.05) is 0 Å². The van der Waals surface area contributed by atoms with E-state index in [4.69, 9.17) is 11.5 Å². The molecule has 2 aliphatic heterocycles. The van der Waals surface area contributed by atoms with Gasteiger partial charge in [0.05, 0.1) is 11.7 Å². The van der Waals surface area contributed by atoms with Gasteiger partial charge in [-0.1, -0.05) is 19.1 Å². The number of benzene rings is 2. The Bertz CT molecular complexity index is 1880. The zero-order valence-electron chi connectivity index (χ0n) is 27.4. The molecule has 3 aromatic rings. The first-order chi connectivity index (χ1) is 23.5. The first-order valence-electron chi connectivity index (χ1n) is 15.4. The lowest BCUT2D eigenvalue weighted by molar-refractivity contribution is -0.166. The number of anilines is 1. The molecule has 7 N–H and O–H groups in total. The third kappa shape index (κ3) is 6.25. The Morgan fingerprint density at radius 3 is 2.16 bits per heavy atom. The molecule has 3 heterocycles. The molecule has 2 saturated heterocycles. The van der Waals surface area contributed by atoms with E-state index in [0.717, 1.165) is 27.8 Å². The number of amides is 5. The second kappa shape index (κ2) is 13.5. The smallest absolute Gasteiger partial charge is 0.327 e. The molecule has 17 heteroatoms. The first-order valence-corrected chi connectivity index (χ1v) is 16.3. The number of hydrogen-bond acceptors (Lipinski definition) is 13. The number of phenolic OH excluding ortho intramolecular Hbond substituents is 1. The Kier molecular flexibility index (Phi) is 9.69. The van der Waals surface area contributed by atoms with E-state index < -0.39 is 81.2 Å². The Morgan fingerprint density at radius 1 is 1.00 bits per heavy atom. The van der Waals surface area contributed by atoms with Crippen LogP contribution in [-0.4, -0.2) is 98.8 Å². The largest absolute Gasteiger partial charge is 0.508 e. The Labute approximate surface area is 290 Å². The maximum absolute atomic E-state index is 14.1. The van der Waals surface area contributed by atoms with Gasteiger partial charge in [0.1, 0.15) is 34.8 Å². The van der Waals surface area contributed by atoms with Gasteiger partial charge in [-0.2, -0.15) is 4.98 Å². The molecule has 0 bridgehead atoms. The second-order valence-electron chi connectivity index (χ2n) is 12.3. The fourth-order valence-electron chi connectivity index (χ4n) is 5.88. The molecule has 5 rings (SSSR count). The number of nitrogens with zero attached hydrogens (tertiary/aromatic N) is 5. The second-order valence-corrected chi connectivity index (χ2v) is 14.1. The van der Waals surface area contributed by atoms with E-state index in [1.54, 1.807) is 20.8 Å². The standard InChI is InChI=1S/C33H35N7O9S/c1-5-21(42)38(27(44)15(2)34)18-10-6-17(7-11-18)25-36-14-20(26(43)37-25)28(45)39(29(46)22(35)16-8-12-19(41)13-9-16)23-30(47)40-24(32(48)49)33(3,4)50-31(23)40/h6-15,22-24,31,41H,5,34-35H2,1-4H3,(H,48,49)(H,36,37,43)/t15-,22?,23+,24-,31+/m0/s1. The molecule has 0 spiro atoms. The van der Waals surface area contributed by atoms with Gasteiger partial charge in [0, 0.05) is 22.9 Å². The summed E-state index contributed by atoms with van der Waals surface area (Å²) in [6.45, 7) is 6.33. The molecular weight excluding hydrogens is 670 g/mol. The van der Waals surface area contributed by atoms with Crippen molar-refractivity contribution in [1.82, 2.24) is 19.8 Å². The Balaban J connectivity index is 1.49. The molecule has 1 unspecified atom stereocenters. The van der Waals surface area contributed by atoms with Gasteiger partial charge in [-0.15, -0.1) is 11.8 Å². The average Bonchev–Trinajstić information content (AvgIpc) is 3.33. The molecular formula is C33H35N7O9S. The number of fused-ring (bicyclic) bond motifs is 1. The van der Waals surface area contributed by atoms with Gasteiger partial charge < -0.3 is 31.7 Å². The maximum atomic E-state index is 14.1. The van der Waals surface area contributed by atoms with E-state index in [2.05, 4.69) is 9.97 Å². The van der Waals surface area contributed by atoms with Gasteiger partial charge in [0.2, 0.25) is 17.7 Å². The van der Waals surface area contributed by atoms with Crippen molar-refractivity contribution >= 4 is 53.0 Å². The molecule has 0 radical (unpaired) electrons. The van der Waals surface area contributed by atoms with Crippen LogP contribution >= 0.6 is 11.8 Å². The summed E-state index contributed by atoms with van der Waals surface area (Å²) in [6.07, 6.45) is 1.02. The summed E-state index contributed by atoms with van der Waals surface area (Å²) < 4.78 is -0.975. The highest BCUT2D eigenvalue weighted by molar-refractivity contribution is 8.01. The number of thioether (sulfide) groups is 1. The molecule has 0 saturated carbocycles. The minimum absolute atomic E-state index is 0.0495. The highest BCUT2D eigenvalue weighted by atomic mass is 32.2. The number of carbonyl (C=O) groups excluding carboxylic acids is 5. The summed E-state index contributed by atoms with van der Waals surface area (Å²) in [6, 6.07) is 6.10. The molecule has 2 aromatic carbocycles. The van der Waals surface area contributed by atoms with Crippen LogP contribution in [0.15, 0.2) is 54.7 Å². The number of β-lactam (4-membered cyclic amide) rings is 1. The van der Waals surface area contributed by atoms with Crippen LogP contribution in [0.4, 0.5) is 5.69 Å². The molecule has 2 fully saturated rings. The van der Waals surface area contributed by atoms with E-state index in [9.17, 15) is 44.1 Å². The van der Waals surface area contributed by atoms with E-state index in [0.29, 0.717) is 10.5 Å². The molecule has 50 heavy (non-hydrogen) atoms. The van der Waals surface area contributed by atoms with Crippen LogP contribution in [0.2, 0.25) is 0 Å². The highest BCUT2D eigenvalue weighted by Crippen LogP contribution is 2.52. The van der Waals surface area contributed by atoms with E-state index in [-0.39, 0.29) is 29.2 Å². The van der Waals surface area contributed by atoms with Crippen molar-refractivity contribution in [3.8, 4) is 23.0 Å². The van der Waals surface area contributed by atoms with Gasteiger partial charge in [0.25, 0.3) is 17.7 Å². The summed E-state index contributed by atoms with van der Waals surface area (Å²) in [4.78, 5) is 89.8. The normalized spacial score (nSPS) is 20.2. The van der Waals surface area contributed by atoms with Crippen LogP contribution in [0.3, 0.4) is 0 Å². The first kappa shape index (κ1) is 35.9. The van der Waals surface area contributed by atoms with Crippen molar-refractivity contribution in [2.75, 3.05) is 4.90 Å². The number of aromatic nitrogens is 2. The van der Waals surface area contributed by atoms with Crippen LogP contribution in [0.1, 0.15) is 56.1 Å². The lowest BCUT2D eigenvalue weighted by atomic mass is 9.94. The fourth-order valence-corrected chi connectivity index (χ4v) is 7.55. The Morgan fingerprint density at radius 2 is 1.62 bits per heavy atom. The van der Waals surface area contributed by atoms with Crippen molar-refractivity contribution in [3.05, 3.63) is 65.9 Å². The number of phenols is 1. The molecule has 5 atom stereocenters. The van der Waals surface area contributed by atoms with Crippen molar-refractivity contribution < 1.29 is 44.1 Å². The monoisotopic (exact) mass is 705 g/mol. The summed E-state index contributed by atoms with van der Waals surface area (Å²) in [5.74, 6) is -6.27. The van der Waals surface area contributed by atoms with Crippen LogP contribution in [0.25, 0.3) is 11.4 Å². The highest BCUT2D eigenvalue weighted by Gasteiger charge is 2.67. The number of carbonyl (C=O) groups is 6. The fraction of sp³-hybridized carbons (Fsp3) is 0.333. The van der Waals surface area contributed by atoms with Gasteiger partial charge >= 0.3 is 5.97 Å². The minimum atomic E-state index is -1.50. The number of rotatable bonds is 9. The lowest BCUT2D eigenvalue weighted by Gasteiger charge is -2.47. The van der Waals surface area contributed by atoms with Gasteiger partial charge in [-0.25, -0.2) is 14.7 Å². The summed E-state index contributed by atoms with van der Waals surface area (Å²) in [5, 5.41) is 29.6. The SMILES string of the molecule is CCC(=O)N(C(=O)[C@H](C)N)c1ccc(-c2ncc(C(=O)N(C(=O)C(N)c3ccc(O)cc3)[C@@H]3C(=O)N4[C@@H]3SC(C)(C)[C@@H]4C(=O)O)c(O)n2)cc1. The quantitative estimate of drug-likeness (QED) is 0.197. The van der Waals surface area contributed by atoms with E-state index in [1.165, 1.54) is 55.5 Å². The van der Waals surface area contributed by atoms with Crippen molar-refractivity contribution in [2.24, 2.45) is 11.5 Å². The van der Waals surface area contributed by atoms with Gasteiger partial charge in [-0.05, 0) is 62.7 Å². The molecule has 0 aliphatic carbocycles. The van der Waals surface area contributed by atoms with Crippen LogP contribution < -0.4 is 16.4 Å². The van der Waals surface area contributed by atoms with Crippen LogP contribution in [-0.2, 0) is 24.0 Å². The minimum Gasteiger partial charge on any atom is -0.508 e. The number of aliphatic carboxylic acids is 1. The lowest BCUT2D eigenvalue weighted by Crippen LogP contribution is -2.72.